The number of aromatic amines is 1. The van der Waals surface area contributed by atoms with E-state index >= 15 is 0 Å². The normalized spacial score (nSPS) is 10.1. The molecule has 0 aliphatic rings. The van der Waals surface area contributed by atoms with Gasteiger partial charge >= 0.3 is 0 Å². The van der Waals surface area contributed by atoms with Crippen LogP contribution in [-0.4, -0.2) is 24.3 Å². The molecule has 2 rings (SSSR count). The van der Waals surface area contributed by atoms with Crippen molar-refractivity contribution in [2.24, 2.45) is 0 Å². The highest BCUT2D eigenvalue weighted by atomic mass is 16.1. The first kappa shape index (κ1) is 10.4. The second-order valence-corrected chi connectivity index (χ2v) is 3.75. The van der Waals surface area contributed by atoms with E-state index in [1.54, 1.807) is 6.07 Å². The first-order valence-corrected chi connectivity index (χ1v) is 5.00. The molecule has 0 saturated heterocycles. The molecule has 0 saturated carbocycles. The van der Waals surface area contributed by atoms with Crippen molar-refractivity contribution in [3.63, 3.8) is 0 Å². The van der Waals surface area contributed by atoms with Crippen molar-refractivity contribution in [3.8, 4) is 11.3 Å². The number of nitrogens with zero attached hydrogens (tertiary/aromatic N) is 2. The minimum Gasteiger partial charge on any atom is -0.378 e. The lowest BCUT2D eigenvalue weighted by Gasteiger charge is -2.12. The monoisotopic (exact) mass is 215 g/mol. The molecule has 16 heavy (non-hydrogen) atoms. The number of H-pyrrole nitrogens is 1. The Hall–Kier alpha value is -2.10. The standard InChI is InChI=1S/C12H13N3O/c1-15(2)10-5-3-9(4-6-10)11-7-8-12(16)14-13-11/h3-8H,1-2H3,(H,14,16). The second-order valence-electron chi connectivity index (χ2n) is 3.75. The molecule has 0 amide bonds. The van der Waals surface area contributed by atoms with E-state index in [4.69, 9.17) is 0 Å². The molecule has 0 aliphatic heterocycles. The predicted molar refractivity (Wildman–Crippen MR) is 64.6 cm³/mol. The molecule has 0 unspecified atom stereocenters. The molecule has 0 spiro atoms. The molecule has 1 heterocycles. The van der Waals surface area contributed by atoms with Crippen molar-refractivity contribution >= 4 is 5.69 Å². The SMILES string of the molecule is CN(C)c1ccc(-c2ccc(=O)[nH]n2)cc1. The smallest absolute Gasteiger partial charge is 0.264 e. The minimum atomic E-state index is -0.186. The molecule has 4 nitrogen and oxygen atoms in total. The molecule has 0 aliphatic carbocycles. The van der Waals surface area contributed by atoms with E-state index in [9.17, 15) is 4.79 Å². The third kappa shape index (κ3) is 2.11. The van der Waals surface area contributed by atoms with Gasteiger partial charge in [0.05, 0.1) is 5.69 Å². The molecular weight excluding hydrogens is 202 g/mol. The summed E-state index contributed by atoms with van der Waals surface area (Å²) in [5.74, 6) is 0. The van der Waals surface area contributed by atoms with Crippen LogP contribution >= 0.6 is 0 Å². The van der Waals surface area contributed by atoms with Crippen molar-refractivity contribution in [2.45, 2.75) is 0 Å². The summed E-state index contributed by atoms with van der Waals surface area (Å²) < 4.78 is 0. The van der Waals surface area contributed by atoms with Gasteiger partial charge in [0, 0.05) is 31.4 Å². The maximum absolute atomic E-state index is 10.9. The van der Waals surface area contributed by atoms with Crippen LogP contribution in [0.15, 0.2) is 41.2 Å². The fourth-order valence-corrected chi connectivity index (χ4v) is 1.44. The van der Waals surface area contributed by atoms with Gasteiger partial charge in [-0.15, -0.1) is 0 Å². The summed E-state index contributed by atoms with van der Waals surface area (Å²) in [6.45, 7) is 0. The van der Waals surface area contributed by atoms with E-state index in [1.807, 2.05) is 43.3 Å². The van der Waals surface area contributed by atoms with Gasteiger partial charge in [-0.05, 0) is 18.2 Å². The average Bonchev–Trinajstić information content (AvgIpc) is 2.30. The van der Waals surface area contributed by atoms with Crippen LogP contribution in [0.4, 0.5) is 5.69 Å². The Morgan fingerprint density at radius 2 is 1.75 bits per heavy atom. The fraction of sp³-hybridized carbons (Fsp3) is 0.167. The average molecular weight is 215 g/mol. The fourth-order valence-electron chi connectivity index (χ4n) is 1.44. The summed E-state index contributed by atoms with van der Waals surface area (Å²) in [6.07, 6.45) is 0. The van der Waals surface area contributed by atoms with Crippen LogP contribution in [0, 0.1) is 0 Å². The number of hydrogen-bond donors (Lipinski definition) is 1. The van der Waals surface area contributed by atoms with Crippen LogP contribution in [0.25, 0.3) is 11.3 Å². The topological polar surface area (TPSA) is 49.0 Å². The second kappa shape index (κ2) is 4.18. The van der Waals surface area contributed by atoms with E-state index in [2.05, 4.69) is 10.2 Å². The van der Waals surface area contributed by atoms with Crippen molar-refractivity contribution < 1.29 is 0 Å². The highest BCUT2D eigenvalue weighted by Gasteiger charge is 2.00. The maximum atomic E-state index is 10.9. The summed E-state index contributed by atoms with van der Waals surface area (Å²) in [6, 6.07) is 11.2. The number of rotatable bonds is 2. The first-order chi connectivity index (χ1) is 7.66. The van der Waals surface area contributed by atoms with Gasteiger partial charge in [-0.2, -0.15) is 5.10 Å². The van der Waals surface area contributed by atoms with E-state index in [1.165, 1.54) is 6.07 Å². The number of benzene rings is 1. The molecule has 0 radical (unpaired) electrons. The first-order valence-electron chi connectivity index (χ1n) is 5.00. The molecule has 4 heteroatoms. The Balaban J connectivity index is 2.34. The van der Waals surface area contributed by atoms with Crippen LogP contribution < -0.4 is 10.5 Å². The highest BCUT2D eigenvalue weighted by molar-refractivity contribution is 5.62. The Bertz CT molecular complexity index is 508. The molecule has 1 aromatic carbocycles. The summed E-state index contributed by atoms with van der Waals surface area (Å²) in [4.78, 5) is 12.9. The van der Waals surface area contributed by atoms with E-state index < -0.39 is 0 Å². The number of nitrogens with one attached hydrogen (secondary N) is 1. The maximum Gasteiger partial charge on any atom is 0.264 e. The van der Waals surface area contributed by atoms with Gasteiger partial charge in [-0.3, -0.25) is 4.79 Å². The lowest BCUT2D eigenvalue weighted by atomic mass is 10.1. The van der Waals surface area contributed by atoms with Crippen LogP contribution in [-0.2, 0) is 0 Å². The summed E-state index contributed by atoms with van der Waals surface area (Å²) in [7, 11) is 3.99. The van der Waals surface area contributed by atoms with E-state index in [0.717, 1.165) is 16.9 Å². The van der Waals surface area contributed by atoms with Gasteiger partial charge in [0.2, 0.25) is 0 Å². The van der Waals surface area contributed by atoms with Gasteiger partial charge < -0.3 is 4.90 Å². The van der Waals surface area contributed by atoms with Gasteiger partial charge in [0.1, 0.15) is 0 Å². The van der Waals surface area contributed by atoms with Gasteiger partial charge in [0.25, 0.3) is 5.56 Å². The quantitative estimate of drug-likeness (QED) is 0.826. The Morgan fingerprint density at radius 1 is 1.06 bits per heavy atom. The zero-order valence-corrected chi connectivity index (χ0v) is 9.27. The zero-order chi connectivity index (χ0) is 11.5. The van der Waals surface area contributed by atoms with Gasteiger partial charge in [0.15, 0.2) is 0 Å². The molecule has 82 valence electrons. The zero-order valence-electron chi connectivity index (χ0n) is 9.27. The highest BCUT2D eigenvalue weighted by Crippen LogP contribution is 2.19. The molecule has 2 aromatic rings. The molecule has 0 atom stereocenters. The number of anilines is 1. The van der Waals surface area contributed by atoms with Gasteiger partial charge in [-0.25, -0.2) is 5.10 Å². The van der Waals surface area contributed by atoms with E-state index in [0.29, 0.717) is 0 Å². The van der Waals surface area contributed by atoms with Gasteiger partial charge in [-0.1, -0.05) is 12.1 Å². The molecule has 1 aromatic heterocycles. The van der Waals surface area contributed by atoms with Crippen molar-refractivity contribution in [3.05, 3.63) is 46.8 Å². The Kier molecular flexibility index (Phi) is 2.72. The van der Waals surface area contributed by atoms with Crippen LogP contribution in [0.5, 0.6) is 0 Å². The Morgan fingerprint density at radius 3 is 2.25 bits per heavy atom. The number of aromatic nitrogens is 2. The summed E-state index contributed by atoms with van der Waals surface area (Å²) in [5, 5.41) is 6.39. The van der Waals surface area contributed by atoms with Crippen LogP contribution in [0.1, 0.15) is 0 Å². The van der Waals surface area contributed by atoms with Crippen LogP contribution in [0.3, 0.4) is 0 Å². The summed E-state index contributed by atoms with van der Waals surface area (Å²) in [5.41, 5.74) is 2.70. The molecule has 0 bridgehead atoms. The minimum absolute atomic E-state index is 0.186. The largest absolute Gasteiger partial charge is 0.378 e. The molecule has 1 N–H and O–H groups in total. The molecule has 0 fully saturated rings. The summed E-state index contributed by atoms with van der Waals surface area (Å²) >= 11 is 0. The van der Waals surface area contributed by atoms with Crippen molar-refractivity contribution in [1.29, 1.82) is 0 Å². The van der Waals surface area contributed by atoms with E-state index in [-0.39, 0.29) is 5.56 Å². The third-order valence-corrected chi connectivity index (χ3v) is 2.36. The van der Waals surface area contributed by atoms with Crippen molar-refractivity contribution in [1.82, 2.24) is 10.2 Å². The van der Waals surface area contributed by atoms with Crippen molar-refractivity contribution in [2.75, 3.05) is 19.0 Å². The predicted octanol–water partition coefficient (Wildman–Crippen LogP) is 1.50. The van der Waals surface area contributed by atoms with Crippen LogP contribution in [0.2, 0.25) is 0 Å². The molecular formula is C12H13N3O. The lowest BCUT2D eigenvalue weighted by Crippen LogP contribution is -2.08. The third-order valence-electron chi connectivity index (χ3n) is 2.36. The number of hydrogen-bond acceptors (Lipinski definition) is 3. The lowest BCUT2D eigenvalue weighted by molar-refractivity contribution is 0.995. The Labute approximate surface area is 93.5 Å².